The van der Waals surface area contributed by atoms with E-state index in [9.17, 15) is 9.59 Å². The van der Waals surface area contributed by atoms with Gasteiger partial charge in [-0.3, -0.25) is 14.5 Å². The van der Waals surface area contributed by atoms with Crippen LogP contribution in [0.3, 0.4) is 0 Å². The van der Waals surface area contributed by atoms with Crippen molar-refractivity contribution in [1.29, 1.82) is 0 Å². The first-order chi connectivity index (χ1) is 19.4. The summed E-state index contributed by atoms with van der Waals surface area (Å²) < 4.78 is 16.7. The molecule has 1 heterocycles. The van der Waals surface area contributed by atoms with Crippen molar-refractivity contribution in [2.75, 3.05) is 36.4 Å². The molecule has 0 aromatic heterocycles. The summed E-state index contributed by atoms with van der Waals surface area (Å²) in [7, 11) is 3.14. The summed E-state index contributed by atoms with van der Waals surface area (Å²) >= 11 is 0. The lowest BCUT2D eigenvalue weighted by atomic mass is 10.0. The van der Waals surface area contributed by atoms with E-state index in [1.54, 1.807) is 24.1 Å². The van der Waals surface area contributed by atoms with Gasteiger partial charge in [-0.15, -0.1) is 0 Å². The Hall–Kier alpha value is -4.98. The SMILES string of the molecule is COc1ccc(N2C(=O)c3ccccc3NC2c2ccc(OCC(=O)Nc3ccc(C)c(C)c3)c(OC)c2)cc1. The van der Waals surface area contributed by atoms with E-state index in [2.05, 4.69) is 10.6 Å². The summed E-state index contributed by atoms with van der Waals surface area (Å²) in [6.07, 6.45) is -0.521. The number of benzene rings is 4. The fourth-order valence-corrected chi connectivity index (χ4v) is 4.63. The average Bonchev–Trinajstić information content (AvgIpc) is 2.98. The molecular weight excluding hydrogens is 506 g/mol. The predicted octanol–water partition coefficient (Wildman–Crippen LogP) is 6.11. The number of carbonyl (C=O) groups excluding carboxylic acids is 2. The van der Waals surface area contributed by atoms with Gasteiger partial charge in [-0.1, -0.05) is 24.3 Å². The average molecular weight is 538 g/mol. The lowest BCUT2D eigenvalue weighted by Gasteiger charge is -2.38. The van der Waals surface area contributed by atoms with Gasteiger partial charge >= 0.3 is 0 Å². The summed E-state index contributed by atoms with van der Waals surface area (Å²) in [5, 5.41) is 6.35. The van der Waals surface area contributed by atoms with Crippen LogP contribution in [0.1, 0.15) is 33.2 Å². The summed E-state index contributed by atoms with van der Waals surface area (Å²) in [6, 6.07) is 25.9. The van der Waals surface area contributed by atoms with Gasteiger partial charge in [0.05, 0.1) is 19.8 Å². The van der Waals surface area contributed by atoms with Gasteiger partial charge in [-0.05, 0) is 91.2 Å². The minimum atomic E-state index is -0.521. The van der Waals surface area contributed by atoms with E-state index < -0.39 is 6.17 Å². The zero-order valence-corrected chi connectivity index (χ0v) is 22.9. The molecular formula is C32H31N3O5. The summed E-state index contributed by atoms with van der Waals surface area (Å²) in [6.45, 7) is 3.83. The van der Waals surface area contributed by atoms with Crippen LogP contribution in [0.4, 0.5) is 17.1 Å². The Labute approximate surface area is 233 Å². The number of rotatable bonds is 8. The Morgan fingerprint density at radius 3 is 2.38 bits per heavy atom. The van der Waals surface area contributed by atoms with Gasteiger partial charge in [0.25, 0.3) is 11.8 Å². The van der Waals surface area contributed by atoms with Gasteiger partial charge in [-0.25, -0.2) is 0 Å². The molecule has 0 saturated carbocycles. The lowest BCUT2D eigenvalue weighted by molar-refractivity contribution is -0.118. The highest BCUT2D eigenvalue weighted by Crippen LogP contribution is 2.39. The first-order valence-electron chi connectivity index (χ1n) is 12.9. The molecule has 0 bridgehead atoms. The van der Waals surface area contributed by atoms with Crippen LogP contribution in [-0.4, -0.2) is 32.6 Å². The van der Waals surface area contributed by atoms with Gasteiger partial charge < -0.3 is 24.8 Å². The number of ether oxygens (including phenoxy) is 3. The lowest BCUT2D eigenvalue weighted by Crippen LogP contribution is -2.43. The number of hydrogen-bond acceptors (Lipinski definition) is 6. The van der Waals surface area contributed by atoms with Gasteiger partial charge in [0.15, 0.2) is 18.1 Å². The first-order valence-corrected chi connectivity index (χ1v) is 12.9. The second kappa shape index (κ2) is 11.4. The van der Waals surface area contributed by atoms with Gasteiger partial charge in [0, 0.05) is 17.1 Å². The smallest absolute Gasteiger partial charge is 0.262 e. The summed E-state index contributed by atoms with van der Waals surface area (Å²) in [4.78, 5) is 28.0. The van der Waals surface area contributed by atoms with Crippen molar-refractivity contribution >= 4 is 28.9 Å². The Kier molecular flexibility index (Phi) is 7.59. The molecule has 0 radical (unpaired) electrons. The van der Waals surface area contributed by atoms with Crippen LogP contribution in [0.25, 0.3) is 0 Å². The highest BCUT2D eigenvalue weighted by Gasteiger charge is 2.34. The van der Waals surface area contributed by atoms with Crippen molar-refractivity contribution in [3.05, 3.63) is 107 Å². The summed E-state index contributed by atoms with van der Waals surface area (Å²) in [5.41, 5.74) is 5.77. The van der Waals surface area contributed by atoms with E-state index in [0.29, 0.717) is 34.2 Å². The van der Waals surface area contributed by atoms with Crippen molar-refractivity contribution in [3.63, 3.8) is 0 Å². The maximum absolute atomic E-state index is 13.7. The zero-order chi connectivity index (χ0) is 28.2. The van der Waals surface area contributed by atoms with Gasteiger partial charge in [-0.2, -0.15) is 0 Å². The third kappa shape index (κ3) is 5.42. The fraction of sp³-hybridized carbons (Fsp3) is 0.188. The molecule has 0 fully saturated rings. The van der Waals surface area contributed by atoms with Crippen molar-refractivity contribution < 1.29 is 23.8 Å². The molecule has 1 unspecified atom stereocenters. The molecule has 1 atom stereocenters. The van der Waals surface area contributed by atoms with Crippen LogP contribution in [0.15, 0.2) is 84.9 Å². The fourth-order valence-electron chi connectivity index (χ4n) is 4.63. The Bertz CT molecular complexity index is 1550. The maximum Gasteiger partial charge on any atom is 0.262 e. The number of anilines is 3. The van der Waals surface area contributed by atoms with E-state index in [1.165, 1.54) is 7.11 Å². The number of carbonyl (C=O) groups is 2. The summed E-state index contributed by atoms with van der Waals surface area (Å²) in [5.74, 6) is 1.14. The van der Waals surface area contributed by atoms with Crippen molar-refractivity contribution in [2.24, 2.45) is 0 Å². The number of fused-ring (bicyclic) bond motifs is 1. The monoisotopic (exact) mass is 537 g/mol. The van der Waals surface area contributed by atoms with Crippen LogP contribution >= 0.6 is 0 Å². The highest BCUT2D eigenvalue weighted by atomic mass is 16.5. The topological polar surface area (TPSA) is 89.1 Å². The quantitative estimate of drug-likeness (QED) is 0.282. The molecule has 5 rings (SSSR count). The number of nitrogens with one attached hydrogen (secondary N) is 2. The van der Waals surface area contributed by atoms with E-state index in [0.717, 1.165) is 22.4 Å². The maximum atomic E-state index is 13.7. The van der Waals surface area contributed by atoms with Crippen LogP contribution in [-0.2, 0) is 4.79 Å². The van der Waals surface area contributed by atoms with Crippen LogP contribution in [0.2, 0.25) is 0 Å². The molecule has 8 nitrogen and oxygen atoms in total. The highest BCUT2D eigenvalue weighted by molar-refractivity contribution is 6.12. The number of methoxy groups -OCH3 is 2. The number of aryl methyl sites for hydroxylation is 2. The molecule has 0 aliphatic carbocycles. The minimum Gasteiger partial charge on any atom is -0.497 e. The number of amides is 2. The van der Waals surface area contributed by atoms with Crippen molar-refractivity contribution in [1.82, 2.24) is 0 Å². The van der Waals surface area contributed by atoms with Crippen molar-refractivity contribution in [3.8, 4) is 17.2 Å². The molecule has 1 aliphatic heterocycles. The third-order valence-electron chi connectivity index (χ3n) is 6.93. The Morgan fingerprint density at radius 1 is 0.875 bits per heavy atom. The van der Waals surface area contributed by atoms with Crippen LogP contribution in [0, 0.1) is 13.8 Å². The van der Waals surface area contributed by atoms with E-state index in [-0.39, 0.29) is 18.4 Å². The van der Waals surface area contributed by atoms with E-state index >= 15 is 0 Å². The molecule has 4 aromatic carbocycles. The largest absolute Gasteiger partial charge is 0.497 e. The molecule has 4 aromatic rings. The molecule has 2 amide bonds. The standard InChI is InChI=1S/C32H31N3O5/c1-20-9-11-23(17-21(20)2)33-30(36)19-40-28-16-10-22(18-29(28)39-4)31-34-27-8-6-5-7-26(27)32(37)35(31)24-12-14-25(38-3)15-13-24/h5-18,31,34H,19H2,1-4H3,(H,33,36). The Balaban J connectivity index is 1.39. The first kappa shape index (κ1) is 26.6. The number of hydrogen-bond donors (Lipinski definition) is 2. The van der Waals surface area contributed by atoms with E-state index in [1.807, 2.05) is 86.6 Å². The van der Waals surface area contributed by atoms with Crippen LogP contribution < -0.4 is 29.7 Å². The second-order valence-electron chi connectivity index (χ2n) is 9.51. The number of nitrogens with zero attached hydrogens (tertiary/aromatic N) is 1. The molecule has 8 heteroatoms. The van der Waals surface area contributed by atoms with Gasteiger partial charge in [0.1, 0.15) is 11.9 Å². The Morgan fingerprint density at radius 2 is 1.65 bits per heavy atom. The number of para-hydroxylation sites is 1. The molecule has 0 spiro atoms. The van der Waals surface area contributed by atoms with Crippen LogP contribution in [0.5, 0.6) is 17.2 Å². The zero-order valence-electron chi connectivity index (χ0n) is 22.9. The second-order valence-corrected chi connectivity index (χ2v) is 9.51. The molecule has 2 N–H and O–H groups in total. The van der Waals surface area contributed by atoms with Crippen molar-refractivity contribution in [2.45, 2.75) is 20.0 Å². The molecule has 1 aliphatic rings. The van der Waals surface area contributed by atoms with E-state index in [4.69, 9.17) is 14.2 Å². The normalized spacial score (nSPS) is 14.2. The third-order valence-corrected chi connectivity index (χ3v) is 6.93. The molecule has 204 valence electrons. The minimum absolute atomic E-state index is 0.133. The molecule has 40 heavy (non-hydrogen) atoms. The van der Waals surface area contributed by atoms with Gasteiger partial charge in [0.2, 0.25) is 0 Å². The predicted molar refractivity (Wildman–Crippen MR) is 156 cm³/mol. The molecule has 0 saturated heterocycles.